The van der Waals surface area contributed by atoms with E-state index in [1.54, 1.807) is 12.3 Å². The predicted octanol–water partition coefficient (Wildman–Crippen LogP) is -1.36. The average molecular weight is 163 g/mol. The number of rotatable bonds is 1. The van der Waals surface area contributed by atoms with E-state index in [0.29, 0.717) is 5.52 Å². The Morgan fingerprint density at radius 1 is 1.42 bits per heavy atom. The second kappa shape index (κ2) is 2.58. The zero-order chi connectivity index (χ0) is 8.55. The highest BCUT2D eigenvalue weighted by atomic mass is 16.4. The number of nitrogens with zero attached hydrogens (tertiary/aromatic N) is 2. The Morgan fingerprint density at radius 3 is 3.00 bits per heavy atom. The highest BCUT2D eigenvalue weighted by molar-refractivity contribution is 6.56. The molecule has 60 valence electrons. The van der Waals surface area contributed by atoms with Crippen LogP contribution in [0.4, 0.5) is 0 Å². The van der Waals surface area contributed by atoms with Gasteiger partial charge in [-0.1, -0.05) is 0 Å². The number of aromatic nitrogens is 3. The van der Waals surface area contributed by atoms with Crippen LogP contribution in [0.3, 0.4) is 0 Å². The summed E-state index contributed by atoms with van der Waals surface area (Å²) in [5.41, 5.74) is 1.47. The molecule has 0 aliphatic carbocycles. The zero-order valence-electron chi connectivity index (χ0n) is 6.10. The van der Waals surface area contributed by atoms with E-state index in [1.165, 1.54) is 6.20 Å². The third kappa shape index (κ3) is 1.07. The third-order valence-corrected chi connectivity index (χ3v) is 1.55. The van der Waals surface area contributed by atoms with Gasteiger partial charge in [-0.3, -0.25) is 0 Å². The summed E-state index contributed by atoms with van der Waals surface area (Å²) in [6.07, 6.45) is 3.23. The molecular weight excluding hydrogens is 157 g/mol. The molecule has 2 aromatic heterocycles. The van der Waals surface area contributed by atoms with Gasteiger partial charge >= 0.3 is 7.12 Å². The molecule has 0 fully saturated rings. The van der Waals surface area contributed by atoms with Gasteiger partial charge in [0, 0.05) is 6.20 Å². The number of aromatic amines is 1. The second-order valence-corrected chi connectivity index (χ2v) is 2.38. The highest BCUT2D eigenvalue weighted by Crippen LogP contribution is 2.03. The van der Waals surface area contributed by atoms with Crippen LogP contribution in [-0.2, 0) is 0 Å². The summed E-state index contributed by atoms with van der Waals surface area (Å²) in [5, 5.41) is 17.5. The minimum Gasteiger partial charge on any atom is -0.421 e. The molecule has 0 spiro atoms. The average Bonchev–Trinajstić information content (AvgIpc) is 2.49. The maximum absolute atomic E-state index is 8.74. The fourth-order valence-electron chi connectivity index (χ4n) is 0.982. The molecule has 0 aliphatic rings. The summed E-state index contributed by atoms with van der Waals surface area (Å²) in [4.78, 5) is 10.5. The van der Waals surface area contributed by atoms with Crippen molar-refractivity contribution >= 4 is 23.9 Å². The van der Waals surface area contributed by atoms with E-state index in [-0.39, 0.29) is 5.72 Å². The molecule has 2 aromatic rings. The number of hydrogen-bond acceptors (Lipinski definition) is 4. The Labute approximate surface area is 68.2 Å². The number of hydrogen-bond donors (Lipinski definition) is 3. The maximum Gasteiger partial charge on any atom is 0.528 e. The van der Waals surface area contributed by atoms with Crippen LogP contribution in [0, 0.1) is 0 Å². The molecule has 2 heterocycles. The van der Waals surface area contributed by atoms with Gasteiger partial charge in [0.05, 0.1) is 17.2 Å². The van der Waals surface area contributed by atoms with Gasteiger partial charge in [-0.2, -0.15) is 0 Å². The molecule has 0 radical (unpaired) electrons. The van der Waals surface area contributed by atoms with Gasteiger partial charge in [0.2, 0.25) is 0 Å². The highest BCUT2D eigenvalue weighted by Gasteiger charge is 2.14. The Bertz CT molecular complexity index is 400. The van der Waals surface area contributed by atoms with Crippen LogP contribution in [-0.4, -0.2) is 32.1 Å². The Balaban J connectivity index is 2.60. The summed E-state index contributed by atoms with van der Waals surface area (Å²) < 4.78 is 0. The molecule has 0 aromatic carbocycles. The van der Waals surface area contributed by atoms with Gasteiger partial charge in [-0.05, 0) is 6.07 Å². The molecule has 0 bridgehead atoms. The SMILES string of the molecule is OB(O)c1ncc2[nH]ccc2n1. The number of fused-ring (bicyclic) bond motifs is 1. The van der Waals surface area contributed by atoms with E-state index in [9.17, 15) is 0 Å². The van der Waals surface area contributed by atoms with Crippen molar-refractivity contribution in [3.8, 4) is 0 Å². The van der Waals surface area contributed by atoms with Gasteiger partial charge in [0.15, 0.2) is 5.72 Å². The smallest absolute Gasteiger partial charge is 0.421 e. The molecule has 0 saturated heterocycles. The van der Waals surface area contributed by atoms with E-state index in [2.05, 4.69) is 15.0 Å². The van der Waals surface area contributed by atoms with Crippen LogP contribution in [0.1, 0.15) is 0 Å². The van der Waals surface area contributed by atoms with Crippen molar-refractivity contribution in [3.05, 3.63) is 18.5 Å². The standard InChI is InChI=1S/C6H6BN3O2/c11-7(12)6-9-3-5-4(10-6)1-2-8-5/h1-3,8,11-12H. The fourth-order valence-corrected chi connectivity index (χ4v) is 0.982. The summed E-state index contributed by atoms with van der Waals surface area (Å²) in [7, 11) is -1.61. The van der Waals surface area contributed by atoms with Crippen LogP contribution >= 0.6 is 0 Å². The first-order chi connectivity index (χ1) is 5.77. The normalized spacial score (nSPS) is 10.5. The van der Waals surface area contributed by atoms with Gasteiger partial charge in [0.1, 0.15) is 0 Å². The molecule has 0 unspecified atom stereocenters. The van der Waals surface area contributed by atoms with Crippen molar-refractivity contribution in [1.82, 2.24) is 15.0 Å². The minimum atomic E-state index is -1.61. The van der Waals surface area contributed by atoms with Crippen LogP contribution < -0.4 is 5.72 Å². The lowest BCUT2D eigenvalue weighted by molar-refractivity contribution is 0.422. The third-order valence-electron chi connectivity index (χ3n) is 1.55. The molecule has 0 amide bonds. The van der Waals surface area contributed by atoms with E-state index in [4.69, 9.17) is 10.0 Å². The number of nitrogens with one attached hydrogen (secondary N) is 1. The molecule has 0 atom stereocenters. The van der Waals surface area contributed by atoms with E-state index >= 15 is 0 Å². The fraction of sp³-hybridized carbons (Fsp3) is 0. The lowest BCUT2D eigenvalue weighted by Crippen LogP contribution is -2.35. The Morgan fingerprint density at radius 2 is 2.25 bits per heavy atom. The van der Waals surface area contributed by atoms with Crippen molar-refractivity contribution in [2.24, 2.45) is 0 Å². The largest absolute Gasteiger partial charge is 0.528 e. The molecule has 5 nitrogen and oxygen atoms in total. The number of H-pyrrole nitrogens is 1. The topological polar surface area (TPSA) is 82.0 Å². The molecule has 2 rings (SSSR count). The summed E-state index contributed by atoms with van der Waals surface area (Å²) in [6, 6.07) is 1.74. The summed E-state index contributed by atoms with van der Waals surface area (Å²) >= 11 is 0. The monoisotopic (exact) mass is 163 g/mol. The molecule has 12 heavy (non-hydrogen) atoms. The first-order valence-electron chi connectivity index (χ1n) is 3.43. The van der Waals surface area contributed by atoms with Crippen LogP contribution in [0.5, 0.6) is 0 Å². The minimum absolute atomic E-state index is 0.0158. The van der Waals surface area contributed by atoms with Crippen LogP contribution in [0.2, 0.25) is 0 Å². The molecule has 3 N–H and O–H groups in total. The van der Waals surface area contributed by atoms with Crippen molar-refractivity contribution < 1.29 is 10.0 Å². The maximum atomic E-state index is 8.74. The second-order valence-electron chi connectivity index (χ2n) is 2.38. The van der Waals surface area contributed by atoms with Gasteiger partial charge in [-0.25, -0.2) is 9.97 Å². The predicted molar refractivity (Wildman–Crippen MR) is 43.7 cm³/mol. The van der Waals surface area contributed by atoms with Gasteiger partial charge < -0.3 is 15.0 Å². The first-order valence-corrected chi connectivity index (χ1v) is 3.43. The van der Waals surface area contributed by atoms with Crippen molar-refractivity contribution in [1.29, 1.82) is 0 Å². The van der Waals surface area contributed by atoms with Crippen molar-refractivity contribution in [2.75, 3.05) is 0 Å². The lowest BCUT2D eigenvalue weighted by Gasteiger charge is -1.95. The van der Waals surface area contributed by atoms with Gasteiger partial charge in [-0.15, -0.1) is 0 Å². The molecular formula is C6H6BN3O2. The summed E-state index contributed by atoms with van der Waals surface area (Å²) in [6.45, 7) is 0. The quantitative estimate of drug-likeness (QED) is 0.453. The zero-order valence-corrected chi connectivity index (χ0v) is 6.10. The summed E-state index contributed by atoms with van der Waals surface area (Å²) in [5.74, 6) is 0. The molecule has 6 heteroatoms. The molecule has 0 saturated carbocycles. The van der Waals surface area contributed by atoms with Crippen LogP contribution in [0.25, 0.3) is 11.0 Å². The van der Waals surface area contributed by atoms with Crippen LogP contribution in [0.15, 0.2) is 18.5 Å². The Kier molecular flexibility index (Phi) is 1.56. The van der Waals surface area contributed by atoms with Gasteiger partial charge in [0.25, 0.3) is 0 Å². The van der Waals surface area contributed by atoms with E-state index in [1.807, 2.05) is 0 Å². The first kappa shape index (κ1) is 7.26. The van der Waals surface area contributed by atoms with E-state index in [0.717, 1.165) is 5.52 Å². The molecule has 0 aliphatic heterocycles. The lowest BCUT2D eigenvalue weighted by atomic mass is 9.91. The van der Waals surface area contributed by atoms with Crippen molar-refractivity contribution in [2.45, 2.75) is 0 Å². The van der Waals surface area contributed by atoms with Crippen molar-refractivity contribution in [3.63, 3.8) is 0 Å². The Hall–Kier alpha value is -1.40. The van der Waals surface area contributed by atoms with E-state index < -0.39 is 7.12 Å².